The molecule has 0 spiro atoms. The molecule has 66 valence electrons. The molecule has 1 rings (SSSR count). The van der Waals surface area contributed by atoms with Crippen LogP contribution in [-0.2, 0) is 9.53 Å². The monoisotopic (exact) mass is 179 g/mol. The third kappa shape index (κ3) is 3.08. The van der Waals surface area contributed by atoms with Gasteiger partial charge in [0.2, 0.25) is 0 Å². The maximum absolute atomic E-state index is 10.8. The summed E-state index contributed by atoms with van der Waals surface area (Å²) in [6.45, 7) is 1.64. The minimum atomic E-state index is -0.472. The average molecular weight is 180 g/mol. The van der Waals surface area contributed by atoms with E-state index in [1.807, 2.05) is 0 Å². The van der Waals surface area contributed by atoms with Crippen molar-refractivity contribution in [1.29, 1.82) is 0 Å². The van der Waals surface area contributed by atoms with Crippen molar-refractivity contribution < 1.29 is 9.53 Å². The van der Waals surface area contributed by atoms with E-state index in [9.17, 15) is 4.79 Å². The number of hydrogen-bond donors (Lipinski definition) is 1. The predicted octanol–water partition coefficient (Wildman–Crippen LogP) is 0.851. The Morgan fingerprint density at radius 3 is 2.45 bits per heavy atom. The summed E-state index contributed by atoms with van der Waals surface area (Å²) < 4.78 is 4.98. The van der Waals surface area contributed by atoms with Gasteiger partial charge in [-0.1, -0.05) is 0 Å². The van der Waals surface area contributed by atoms with Gasteiger partial charge in [-0.3, -0.25) is 4.79 Å². The van der Waals surface area contributed by atoms with Crippen LogP contribution < -0.4 is 5.73 Å². The highest BCUT2D eigenvalue weighted by atomic mass is 35.5. The first-order valence-electron chi connectivity index (χ1n) is 3.66. The molecule has 0 saturated heterocycles. The van der Waals surface area contributed by atoms with Gasteiger partial charge in [0, 0.05) is 0 Å². The third-order valence-electron chi connectivity index (χ3n) is 1.71. The van der Waals surface area contributed by atoms with E-state index in [1.54, 1.807) is 6.92 Å². The minimum Gasteiger partial charge on any atom is -0.461 e. The van der Waals surface area contributed by atoms with Crippen LogP contribution in [0.4, 0.5) is 0 Å². The smallest absolute Gasteiger partial charge is 0.322 e. The Morgan fingerprint density at radius 2 is 2.18 bits per heavy atom. The quantitative estimate of drug-likeness (QED) is 0.640. The molecule has 2 N–H and O–H groups in total. The highest BCUT2D eigenvalue weighted by Crippen LogP contribution is 2.21. The molecule has 3 nitrogen and oxygen atoms in total. The van der Waals surface area contributed by atoms with Gasteiger partial charge in [0.1, 0.15) is 12.1 Å². The van der Waals surface area contributed by atoms with E-state index in [0.29, 0.717) is 0 Å². The van der Waals surface area contributed by atoms with Crippen LogP contribution in [-0.4, -0.2) is 18.1 Å². The lowest BCUT2D eigenvalue weighted by molar-refractivity contribution is -0.154. The van der Waals surface area contributed by atoms with Crippen LogP contribution in [0.3, 0.4) is 0 Å². The maximum atomic E-state index is 10.8. The molecule has 0 aliphatic heterocycles. The summed E-state index contributed by atoms with van der Waals surface area (Å²) in [5.74, 6) is -0.273. The molecule has 0 aromatic heterocycles. The van der Waals surface area contributed by atoms with Crippen LogP contribution in [0.2, 0.25) is 0 Å². The first kappa shape index (κ1) is 10.7. The highest BCUT2D eigenvalue weighted by Gasteiger charge is 2.22. The van der Waals surface area contributed by atoms with Crippen LogP contribution in [0.5, 0.6) is 0 Å². The Bertz CT molecular complexity index is 134. The van der Waals surface area contributed by atoms with Crippen molar-refractivity contribution in [1.82, 2.24) is 0 Å². The first-order valence-corrected chi connectivity index (χ1v) is 3.66. The van der Waals surface area contributed by atoms with E-state index < -0.39 is 6.04 Å². The largest absolute Gasteiger partial charge is 0.461 e. The second-order valence-electron chi connectivity index (χ2n) is 2.78. The van der Waals surface area contributed by atoms with Crippen molar-refractivity contribution in [2.45, 2.75) is 38.3 Å². The van der Waals surface area contributed by atoms with E-state index in [1.165, 1.54) is 6.42 Å². The molecule has 1 saturated carbocycles. The van der Waals surface area contributed by atoms with Gasteiger partial charge in [0.25, 0.3) is 0 Å². The molecule has 0 aromatic carbocycles. The lowest BCUT2D eigenvalue weighted by Crippen LogP contribution is -2.34. The molecule has 0 heterocycles. The lowest BCUT2D eigenvalue weighted by Gasteiger charge is -2.25. The molecular weight excluding hydrogens is 166 g/mol. The molecular formula is C7H14ClNO2. The van der Waals surface area contributed by atoms with Crippen molar-refractivity contribution in [3.63, 3.8) is 0 Å². The number of halogens is 1. The fourth-order valence-corrected chi connectivity index (χ4v) is 0.760. The third-order valence-corrected chi connectivity index (χ3v) is 1.71. The van der Waals surface area contributed by atoms with Crippen LogP contribution >= 0.6 is 12.4 Å². The Balaban J connectivity index is 0.000001000. The summed E-state index contributed by atoms with van der Waals surface area (Å²) in [6.07, 6.45) is 3.37. The van der Waals surface area contributed by atoms with E-state index in [2.05, 4.69) is 0 Å². The van der Waals surface area contributed by atoms with E-state index in [0.717, 1.165) is 12.8 Å². The zero-order valence-electron chi connectivity index (χ0n) is 6.58. The summed E-state index contributed by atoms with van der Waals surface area (Å²) in [5, 5.41) is 0. The van der Waals surface area contributed by atoms with E-state index >= 15 is 0 Å². The van der Waals surface area contributed by atoms with Crippen LogP contribution in [0, 0.1) is 0 Å². The number of hydrogen-bond acceptors (Lipinski definition) is 3. The zero-order chi connectivity index (χ0) is 7.56. The van der Waals surface area contributed by atoms with E-state index in [-0.39, 0.29) is 24.5 Å². The number of esters is 1. The first-order chi connectivity index (χ1) is 4.70. The van der Waals surface area contributed by atoms with Gasteiger partial charge in [0.05, 0.1) is 0 Å². The van der Waals surface area contributed by atoms with Crippen molar-refractivity contribution in [2.24, 2.45) is 5.73 Å². The molecule has 4 heteroatoms. The fraction of sp³-hybridized carbons (Fsp3) is 0.857. The van der Waals surface area contributed by atoms with Gasteiger partial charge < -0.3 is 10.5 Å². The summed E-state index contributed by atoms with van der Waals surface area (Å²) in [5.41, 5.74) is 5.29. The van der Waals surface area contributed by atoms with Crippen molar-refractivity contribution in [3.05, 3.63) is 0 Å². The zero-order valence-corrected chi connectivity index (χ0v) is 7.39. The second-order valence-corrected chi connectivity index (χ2v) is 2.78. The fourth-order valence-electron chi connectivity index (χ4n) is 0.760. The van der Waals surface area contributed by atoms with Crippen LogP contribution in [0.15, 0.2) is 0 Å². The highest BCUT2D eigenvalue weighted by molar-refractivity contribution is 5.85. The second kappa shape index (κ2) is 4.57. The molecule has 1 aliphatic carbocycles. The predicted molar refractivity (Wildman–Crippen MR) is 44.6 cm³/mol. The molecule has 1 fully saturated rings. The van der Waals surface area contributed by atoms with Gasteiger partial charge >= 0.3 is 5.97 Å². The van der Waals surface area contributed by atoms with Crippen LogP contribution in [0.1, 0.15) is 26.2 Å². The number of carbonyl (C=O) groups is 1. The standard InChI is InChI=1S/C7H13NO2.ClH/c1-5(8)7(9)10-6-3-2-4-6;/h5-6H,2-4,8H2,1H3;1H. The van der Waals surface area contributed by atoms with Crippen LogP contribution in [0.25, 0.3) is 0 Å². The molecule has 11 heavy (non-hydrogen) atoms. The Hall–Kier alpha value is -0.280. The van der Waals surface area contributed by atoms with Gasteiger partial charge in [-0.05, 0) is 26.2 Å². The summed E-state index contributed by atoms with van der Waals surface area (Å²) in [7, 11) is 0. The number of carbonyl (C=O) groups excluding carboxylic acids is 1. The Kier molecular flexibility index (Phi) is 4.45. The topological polar surface area (TPSA) is 52.3 Å². The molecule has 0 radical (unpaired) electrons. The minimum absolute atomic E-state index is 0. The molecule has 0 amide bonds. The van der Waals surface area contributed by atoms with E-state index in [4.69, 9.17) is 10.5 Å². The lowest BCUT2D eigenvalue weighted by atomic mass is 9.96. The Labute approximate surface area is 72.7 Å². The number of nitrogens with two attached hydrogens (primary N) is 1. The molecule has 1 unspecified atom stereocenters. The van der Waals surface area contributed by atoms with Crippen molar-refractivity contribution in [3.8, 4) is 0 Å². The average Bonchev–Trinajstić information content (AvgIpc) is 1.77. The number of ether oxygens (including phenoxy) is 1. The SMILES string of the molecule is CC(N)C(=O)OC1CCC1.Cl. The summed E-state index contributed by atoms with van der Waals surface area (Å²) in [6, 6.07) is -0.472. The van der Waals surface area contributed by atoms with Gasteiger partial charge in [-0.15, -0.1) is 12.4 Å². The number of rotatable bonds is 2. The van der Waals surface area contributed by atoms with Crippen molar-refractivity contribution >= 4 is 18.4 Å². The molecule has 0 aromatic rings. The van der Waals surface area contributed by atoms with Gasteiger partial charge in [-0.25, -0.2) is 0 Å². The van der Waals surface area contributed by atoms with Gasteiger partial charge in [-0.2, -0.15) is 0 Å². The van der Waals surface area contributed by atoms with Gasteiger partial charge in [0.15, 0.2) is 0 Å². The molecule has 1 aliphatic rings. The van der Waals surface area contributed by atoms with Crippen molar-refractivity contribution in [2.75, 3.05) is 0 Å². The summed E-state index contributed by atoms with van der Waals surface area (Å²) in [4.78, 5) is 10.8. The summed E-state index contributed by atoms with van der Waals surface area (Å²) >= 11 is 0. The normalized spacial score (nSPS) is 19.5. The molecule has 0 bridgehead atoms. The Morgan fingerprint density at radius 1 is 1.64 bits per heavy atom. The maximum Gasteiger partial charge on any atom is 0.322 e. The molecule has 1 atom stereocenters.